The molecule has 1 aromatic carbocycles. The molecule has 0 radical (unpaired) electrons. The van der Waals surface area contributed by atoms with E-state index in [-0.39, 0.29) is 29.0 Å². The second-order valence-corrected chi connectivity index (χ2v) is 3.85. The standard InChI is InChI=1S/C12H16F2N2O3/c1-7(6-15)16-11(17)8-3-4-9(19-12(13)14)10(5-8)18-2/h3-5,7,12H,6,15H2,1-2H3,(H,16,17)/t7-/m0/s1. The number of hydrogen-bond acceptors (Lipinski definition) is 4. The van der Waals surface area contributed by atoms with E-state index >= 15 is 0 Å². The normalized spacial score (nSPS) is 12.1. The van der Waals surface area contributed by atoms with Gasteiger partial charge in [0.05, 0.1) is 7.11 Å². The van der Waals surface area contributed by atoms with Gasteiger partial charge in [0.25, 0.3) is 5.91 Å². The molecule has 0 saturated carbocycles. The molecule has 1 rings (SSSR count). The fraction of sp³-hybridized carbons (Fsp3) is 0.417. The summed E-state index contributed by atoms with van der Waals surface area (Å²) >= 11 is 0. The fourth-order valence-corrected chi connectivity index (χ4v) is 1.37. The smallest absolute Gasteiger partial charge is 0.387 e. The monoisotopic (exact) mass is 274 g/mol. The highest BCUT2D eigenvalue weighted by Crippen LogP contribution is 2.29. The molecule has 1 atom stereocenters. The number of ether oxygens (including phenoxy) is 2. The van der Waals surface area contributed by atoms with Crippen molar-refractivity contribution in [2.24, 2.45) is 5.73 Å². The molecule has 0 saturated heterocycles. The molecule has 5 nitrogen and oxygen atoms in total. The van der Waals surface area contributed by atoms with Crippen LogP contribution in [-0.4, -0.2) is 32.2 Å². The van der Waals surface area contributed by atoms with E-state index in [9.17, 15) is 13.6 Å². The van der Waals surface area contributed by atoms with Crippen LogP contribution in [0, 0.1) is 0 Å². The number of methoxy groups -OCH3 is 1. The first-order valence-corrected chi connectivity index (χ1v) is 5.61. The molecular weight excluding hydrogens is 258 g/mol. The van der Waals surface area contributed by atoms with Gasteiger partial charge >= 0.3 is 6.61 Å². The van der Waals surface area contributed by atoms with Crippen molar-refractivity contribution in [1.29, 1.82) is 0 Å². The van der Waals surface area contributed by atoms with E-state index in [1.807, 2.05) is 0 Å². The number of benzene rings is 1. The summed E-state index contributed by atoms with van der Waals surface area (Å²) in [4.78, 5) is 11.8. The molecule has 0 aromatic heterocycles. The maximum atomic E-state index is 12.1. The van der Waals surface area contributed by atoms with Gasteiger partial charge in [0.15, 0.2) is 11.5 Å². The zero-order valence-corrected chi connectivity index (χ0v) is 10.7. The topological polar surface area (TPSA) is 73.6 Å². The van der Waals surface area contributed by atoms with Crippen molar-refractivity contribution >= 4 is 5.91 Å². The van der Waals surface area contributed by atoms with Crippen LogP contribution < -0.4 is 20.5 Å². The van der Waals surface area contributed by atoms with E-state index in [1.165, 1.54) is 25.3 Å². The van der Waals surface area contributed by atoms with Crippen molar-refractivity contribution in [1.82, 2.24) is 5.32 Å². The van der Waals surface area contributed by atoms with E-state index in [1.54, 1.807) is 6.92 Å². The molecule has 1 aromatic rings. The number of alkyl halides is 2. The highest BCUT2D eigenvalue weighted by Gasteiger charge is 2.15. The average Bonchev–Trinajstić information content (AvgIpc) is 2.38. The summed E-state index contributed by atoms with van der Waals surface area (Å²) in [6, 6.07) is 3.78. The molecular formula is C12H16F2N2O3. The average molecular weight is 274 g/mol. The molecule has 0 fully saturated rings. The molecule has 0 unspecified atom stereocenters. The Kier molecular flexibility index (Phi) is 5.50. The van der Waals surface area contributed by atoms with E-state index in [2.05, 4.69) is 10.1 Å². The third-order valence-electron chi connectivity index (χ3n) is 2.37. The molecule has 1 amide bonds. The van der Waals surface area contributed by atoms with Crippen LogP contribution in [0.4, 0.5) is 8.78 Å². The zero-order valence-electron chi connectivity index (χ0n) is 10.7. The molecule has 3 N–H and O–H groups in total. The van der Waals surface area contributed by atoms with Crippen LogP contribution in [0.3, 0.4) is 0 Å². The molecule has 0 bridgehead atoms. The van der Waals surface area contributed by atoms with Gasteiger partial charge in [-0.05, 0) is 25.1 Å². The summed E-state index contributed by atoms with van der Waals surface area (Å²) in [6.07, 6.45) is 0. The minimum Gasteiger partial charge on any atom is -0.493 e. The number of amides is 1. The van der Waals surface area contributed by atoms with E-state index in [0.29, 0.717) is 6.54 Å². The number of carbonyl (C=O) groups is 1. The van der Waals surface area contributed by atoms with Crippen molar-refractivity contribution in [3.8, 4) is 11.5 Å². The van der Waals surface area contributed by atoms with Crippen LogP contribution in [0.15, 0.2) is 18.2 Å². The van der Waals surface area contributed by atoms with Crippen LogP contribution >= 0.6 is 0 Å². The Hall–Kier alpha value is -1.89. The fourth-order valence-electron chi connectivity index (χ4n) is 1.37. The lowest BCUT2D eigenvalue weighted by molar-refractivity contribution is -0.0512. The number of hydrogen-bond donors (Lipinski definition) is 2. The predicted octanol–water partition coefficient (Wildman–Crippen LogP) is 1.37. The lowest BCUT2D eigenvalue weighted by Gasteiger charge is -2.13. The molecule has 106 valence electrons. The number of halogens is 2. The van der Waals surface area contributed by atoms with Crippen molar-refractivity contribution in [2.75, 3.05) is 13.7 Å². The van der Waals surface area contributed by atoms with Gasteiger partial charge in [0.1, 0.15) is 0 Å². The van der Waals surface area contributed by atoms with Gasteiger partial charge < -0.3 is 20.5 Å². The summed E-state index contributed by atoms with van der Waals surface area (Å²) in [5.74, 6) is -0.422. The van der Waals surface area contributed by atoms with Crippen molar-refractivity contribution < 1.29 is 23.0 Å². The maximum Gasteiger partial charge on any atom is 0.387 e. The molecule has 0 spiro atoms. The first-order chi connectivity index (χ1) is 8.97. The molecule has 19 heavy (non-hydrogen) atoms. The number of nitrogens with one attached hydrogen (secondary N) is 1. The Bertz CT molecular complexity index is 441. The lowest BCUT2D eigenvalue weighted by atomic mass is 10.1. The van der Waals surface area contributed by atoms with E-state index in [4.69, 9.17) is 10.5 Å². The lowest BCUT2D eigenvalue weighted by Crippen LogP contribution is -2.37. The summed E-state index contributed by atoms with van der Waals surface area (Å²) < 4.78 is 33.5. The summed E-state index contributed by atoms with van der Waals surface area (Å²) in [7, 11) is 1.30. The van der Waals surface area contributed by atoms with Gasteiger partial charge in [0, 0.05) is 18.2 Å². The van der Waals surface area contributed by atoms with E-state index < -0.39 is 6.61 Å². The van der Waals surface area contributed by atoms with Gasteiger partial charge in [-0.25, -0.2) is 0 Å². The summed E-state index contributed by atoms with van der Waals surface area (Å²) in [6.45, 7) is -0.899. The first-order valence-electron chi connectivity index (χ1n) is 5.61. The van der Waals surface area contributed by atoms with Gasteiger partial charge in [-0.2, -0.15) is 8.78 Å². The van der Waals surface area contributed by atoms with Gasteiger partial charge in [-0.1, -0.05) is 0 Å². The summed E-state index contributed by atoms with van der Waals surface area (Å²) in [5.41, 5.74) is 5.67. The third kappa shape index (κ3) is 4.36. The van der Waals surface area contributed by atoms with Gasteiger partial charge in [-0.3, -0.25) is 4.79 Å². The number of nitrogens with two attached hydrogens (primary N) is 1. The minimum absolute atomic E-state index is 0.0633. The number of rotatable bonds is 6. The molecule has 7 heteroatoms. The van der Waals surface area contributed by atoms with Gasteiger partial charge in [0.2, 0.25) is 0 Å². The third-order valence-corrected chi connectivity index (χ3v) is 2.37. The van der Waals surface area contributed by atoms with Crippen LogP contribution in [0.1, 0.15) is 17.3 Å². The summed E-state index contributed by atoms with van der Waals surface area (Å²) in [5, 5.41) is 2.65. The van der Waals surface area contributed by atoms with Crippen molar-refractivity contribution in [3.63, 3.8) is 0 Å². The second-order valence-electron chi connectivity index (χ2n) is 3.85. The van der Waals surface area contributed by atoms with Crippen molar-refractivity contribution in [2.45, 2.75) is 19.6 Å². The Morgan fingerprint density at radius 1 is 1.42 bits per heavy atom. The van der Waals surface area contributed by atoms with E-state index in [0.717, 1.165) is 0 Å². The minimum atomic E-state index is -2.95. The Morgan fingerprint density at radius 3 is 2.63 bits per heavy atom. The molecule has 0 aliphatic rings. The Balaban J connectivity index is 2.90. The molecule has 0 aliphatic carbocycles. The molecule has 0 aliphatic heterocycles. The van der Waals surface area contributed by atoms with Crippen LogP contribution in [0.5, 0.6) is 11.5 Å². The zero-order chi connectivity index (χ0) is 14.4. The predicted molar refractivity (Wildman–Crippen MR) is 65.6 cm³/mol. The Morgan fingerprint density at radius 2 is 2.11 bits per heavy atom. The van der Waals surface area contributed by atoms with Crippen molar-refractivity contribution in [3.05, 3.63) is 23.8 Å². The van der Waals surface area contributed by atoms with Crippen LogP contribution in [0.2, 0.25) is 0 Å². The number of carbonyl (C=O) groups excluding carboxylic acids is 1. The maximum absolute atomic E-state index is 12.1. The highest BCUT2D eigenvalue weighted by molar-refractivity contribution is 5.95. The second kappa shape index (κ2) is 6.89. The Labute approximate surface area is 109 Å². The van der Waals surface area contributed by atoms with Crippen LogP contribution in [0.25, 0.3) is 0 Å². The molecule has 0 heterocycles. The van der Waals surface area contributed by atoms with Crippen LogP contribution in [-0.2, 0) is 0 Å². The SMILES string of the molecule is COc1cc(C(=O)N[C@@H](C)CN)ccc1OC(F)F. The quantitative estimate of drug-likeness (QED) is 0.821. The highest BCUT2D eigenvalue weighted by atomic mass is 19.3. The largest absolute Gasteiger partial charge is 0.493 e. The van der Waals surface area contributed by atoms with Gasteiger partial charge in [-0.15, -0.1) is 0 Å². The first kappa shape index (κ1) is 15.2.